The van der Waals surface area contributed by atoms with Gasteiger partial charge in [0.25, 0.3) is 5.91 Å². The Morgan fingerprint density at radius 3 is 2.62 bits per heavy atom. The molecule has 4 rings (SSSR count). The van der Waals surface area contributed by atoms with Crippen LogP contribution in [0.3, 0.4) is 0 Å². The standard InChI is InChI=1S/C30H40Cl2N4O4/c1-19-15-36(20(2)18-37)29(38)23-10-7-11-26(34-30(39)33-22-8-5-4-6-9-22)28(23)40-27(19)17-35(3)16-21-12-13-24(31)25(32)14-21/h7,10-14,19-20,22,27,37H,4-6,8-9,15-18H2,1-3H3,(H2,33,34,39)/t19-,20-,27+/m1/s1. The minimum atomic E-state index is -0.373. The van der Waals surface area contributed by atoms with Crippen molar-refractivity contribution in [1.29, 1.82) is 0 Å². The molecule has 10 heteroatoms. The molecule has 3 N–H and O–H groups in total. The minimum Gasteiger partial charge on any atom is -0.486 e. The molecule has 0 saturated heterocycles. The number of urea groups is 1. The van der Waals surface area contributed by atoms with Crippen LogP contribution < -0.4 is 15.4 Å². The fraction of sp³-hybridized carbons (Fsp3) is 0.533. The van der Waals surface area contributed by atoms with E-state index < -0.39 is 0 Å². The summed E-state index contributed by atoms with van der Waals surface area (Å²) < 4.78 is 6.61. The number of carbonyl (C=O) groups is 2. The van der Waals surface area contributed by atoms with Crippen molar-refractivity contribution < 1.29 is 19.4 Å². The number of hydrogen-bond acceptors (Lipinski definition) is 5. The van der Waals surface area contributed by atoms with E-state index in [1.807, 2.05) is 33.0 Å². The summed E-state index contributed by atoms with van der Waals surface area (Å²) in [6.07, 6.45) is 5.04. The number of fused-ring (bicyclic) bond motifs is 1. The van der Waals surface area contributed by atoms with Crippen LogP contribution in [-0.4, -0.2) is 71.8 Å². The van der Waals surface area contributed by atoms with Crippen molar-refractivity contribution in [2.75, 3.05) is 32.1 Å². The maximum absolute atomic E-state index is 13.7. The first-order chi connectivity index (χ1) is 19.2. The lowest BCUT2D eigenvalue weighted by Gasteiger charge is -2.38. The smallest absolute Gasteiger partial charge is 0.319 e. The fourth-order valence-corrected chi connectivity index (χ4v) is 5.79. The third kappa shape index (κ3) is 7.60. The second-order valence-corrected chi connectivity index (χ2v) is 12.0. The molecule has 1 saturated carbocycles. The number of hydrogen-bond donors (Lipinski definition) is 3. The number of nitrogens with zero attached hydrogens (tertiary/aromatic N) is 2. The van der Waals surface area contributed by atoms with E-state index in [2.05, 4.69) is 15.5 Å². The van der Waals surface area contributed by atoms with E-state index in [1.54, 1.807) is 29.2 Å². The van der Waals surface area contributed by atoms with Crippen molar-refractivity contribution in [2.45, 2.75) is 70.7 Å². The van der Waals surface area contributed by atoms with Crippen LogP contribution in [0.15, 0.2) is 36.4 Å². The quantitative estimate of drug-likeness (QED) is 0.361. The normalized spacial score (nSPS) is 20.8. The van der Waals surface area contributed by atoms with Gasteiger partial charge in [0.05, 0.1) is 33.9 Å². The Bertz CT molecular complexity index is 1190. The number of anilines is 1. The van der Waals surface area contributed by atoms with Gasteiger partial charge >= 0.3 is 6.03 Å². The third-order valence-corrected chi connectivity index (χ3v) is 8.55. The molecular formula is C30H40Cl2N4O4. The summed E-state index contributed by atoms with van der Waals surface area (Å²) in [5, 5.41) is 17.0. The Morgan fingerprint density at radius 1 is 1.18 bits per heavy atom. The van der Waals surface area contributed by atoms with Crippen LogP contribution in [0.4, 0.5) is 10.5 Å². The van der Waals surface area contributed by atoms with Crippen molar-refractivity contribution in [2.24, 2.45) is 5.92 Å². The largest absolute Gasteiger partial charge is 0.486 e. The van der Waals surface area contributed by atoms with Gasteiger partial charge in [0.1, 0.15) is 6.10 Å². The highest BCUT2D eigenvalue weighted by molar-refractivity contribution is 6.42. The number of aliphatic hydroxyl groups excluding tert-OH is 1. The van der Waals surface area contributed by atoms with Crippen molar-refractivity contribution in [3.63, 3.8) is 0 Å². The van der Waals surface area contributed by atoms with Gasteiger partial charge in [0.15, 0.2) is 5.75 Å². The van der Waals surface area contributed by atoms with Crippen LogP contribution >= 0.6 is 23.2 Å². The minimum absolute atomic E-state index is 0.0634. The van der Waals surface area contributed by atoms with Crippen molar-refractivity contribution >= 4 is 40.8 Å². The highest BCUT2D eigenvalue weighted by Gasteiger charge is 2.34. The predicted octanol–water partition coefficient (Wildman–Crippen LogP) is 5.80. The summed E-state index contributed by atoms with van der Waals surface area (Å²) in [6.45, 7) is 5.31. The van der Waals surface area contributed by atoms with Crippen LogP contribution in [0.1, 0.15) is 61.9 Å². The Kier molecular flexibility index (Phi) is 10.6. The number of carbonyl (C=O) groups excluding carboxylic acids is 2. The van der Waals surface area contributed by atoms with Gasteiger partial charge in [0, 0.05) is 31.6 Å². The summed E-state index contributed by atoms with van der Waals surface area (Å²) in [7, 11) is 2.00. The van der Waals surface area contributed by atoms with Crippen LogP contribution in [0.5, 0.6) is 5.75 Å². The SMILES string of the molecule is C[C@@H]1CN([C@H](C)CO)C(=O)c2cccc(NC(=O)NC3CCCCC3)c2O[C@H]1CN(C)Cc1ccc(Cl)c(Cl)c1. The molecule has 8 nitrogen and oxygen atoms in total. The molecule has 1 fully saturated rings. The van der Waals surface area contributed by atoms with Gasteiger partial charge in [-0.15, -0.1) is 0 Å². The number of halogens is 2. The summed E-state index contributed by atoms with van der Waals surface area (Å²) in [5.41, 5.74) is 1.82. The summed E-state index contributed by atoms with van der Waals surface area (Å²) >= 11 is 12.3. The van der Waals surface area contributed by atoms with Crippen LogP contribution in [0.25, 0.3) is 0 Å². The van der Waals surface area contributed by atoms with Crippen LogP contribution in [0.2, 0.25) is 10.0 Å². The molecule has 2 aromatic rings. The van der Waals surface area contributed by atoms with E-state index >= 15 is 0 Å². The van der Waals surface area contributed by atoms with E-state index in [4.69, 9.17) is 27.9 Å². The third-order valence-electron chi connectivity index (χ3n) is 7.81. The maximum atomic E-state index is 13.7. The van der Waals surface area contributed by atoms with E-state index in [9.17, 15) is 14.7 Å². The van der Waals surface area contributed by atoms with Crippen molar-refractivity contribution in [3.8, 4) is 5.75 Å². The Balaban J connectivity index is 1.60. The molecule has 0 spiro atoms. The second kappa shape index (κ2) is 13.9. The number of benzene rings is 2. The van der Waals surface area contributed by atoms with E-state index in [0.717, 1.165) is 31.2 Å². The Hall–Kier alpha value is -2.52. The van der Waals surface area contributed by atoms with Crippen molar-refractivity contribution in [3.05, 3.63) is 57.6 Å². The predicted molar refractivity (Wildman–Crippen MR) is 159 cm³/mol. The van der Waals surface area contributed by atoms with Gasteiger partial charge in [-0.1, -0.05) is 61.5 Å². The maximum Gasteiger partial charge on any atom is 0.319 e. The zero-order valence-corrected chi connectivity index (χ0v) is 25.0. The molecule has 3 atom stereocenters. The molecule has 0 radical (unpaired) electrons. The number of nitrogens with one attached hydrogen (secondary N) is 2. The summed E-state index contributed by atoms with van der Waals surface area (Å²) in [6, 6.07) is 10.3. The van der Waals surface area contributed by atoms with E-state index in [0.29, 0.717) is 46.7 Å². The lowest BCUT2D eigenvalue weighted by Crippen LogP contribution is -2.50. The van der Waals surface area contributed by atoms with Gasteiger partial charge in [0.2, 0.25) is 0 Å². The number of rotatable bonds is 8. The molecule has 0 unspecified atom stereocenters. The molecular weight excluding hydrogens is 551 g/mol. The number of para-hydroxylation sites is 1. The molecule has 1 aliphatic heterocycles. The summed E-state index contributed by atoms with van der Waals surface area (Å²) in [5.74, 6) is 0.0507. The highest BCUT2D eigenvalue weighted by atomic mass is 35.5. The molecule has 40 heavy (non-hydrogen) atoms. The van der Waals surface area contributed by atoms with E-state index in [1.165, 1.54) is 6.42 Å². The lowest BCUT2D eigenvalue weighted by atomic mass is 9.96. The zero-order valence-electron chi connectivity index (χ0n) is 23.5. The zero-order chi connectivity index (χ0) is 28.8. The van der Waals surface area contributed by atoms with Crippen LogP contribution in [0, 0.1) is 5.92 Å². The molecule has 3 amide bonds. The molecule has 218 valence electrons. The second-order valence-electron chi connectivity index (χ2n) is 11.2. The average molecular weight is 592 g/mol. The van der Waals surface area contributed by atoms with Gasteiger partial charge in [-0.25, -0.2) is 4.79 Å². The molecule has 0 bridgehead atoms. The topological polar surface area (TPSA) is 94.1 Å². The summed E-state index contributed by atoms with van der Waals surface area (Å²) in [4.78, 5) is 30.5. The Labute approximate surface area is 247 Å². The highest BCUT2D eigenvalue weighted by Crippen LogP contribution is 2.35. The number of ether oxygens (including phenoxy) is 1. The molecule has 1 aliphatic carbocycles. The average Bonchev–Trinajstić information content (AvgIpc) is 2.93. The van der Waals surface area contributed by atoms with Gasteiger partial charge in [-0.2, -0.15) is 0 Å². The monoisotopic (exact) mass is 590 g/mol. The van der Waals surface area contributed by atoms with Gasteiger partial charge in [-0.05, 0) is 56.6 Å². The number of amides is 3. The van der Waals surface area contributed by atoms with Crippen molar-refractivity contribution in [1.82, 2.24) is 15.1 Å². The number of likely N-dealkylation sites (N-methyl/N-ethyl adjacent to an activating group) is 1. The molecule has 0 aromatic heterocycles. The fourth-order valence-electron chi connectivity index (χ4n) is 5.47. The molecule has 2 aromatic carbocycles. The number of aliphatic hydroxyl groups is 1. The van der Waals surface area contributed by atoms with Gasteiger partial charge in [-0.3, -0.25) is 9.69 Å². The molecule has 1 heterocycles. The van der Waals surface area contributed by atoms with Crippen LogP contribution in [-0.2, 0) is 6.54 Å². The van der Waals surface area contributed by atoms with E-state index in [-0.39, 0.29) is 42.7 Å². The first-order valence-corrected chi connectivity index (χ1v) is 14.8. The molecule has 2 aliphatic rings. The first kappa shape index (κ1) is 30.4. The van der Waals surface area contributed by atoms with Gasteiger partial charge < -0.3 is 25.4 Å². The first-order valence-electron chi connectivity index (χ1n) is 14.1. The Morgan fingerprint density at radius 2 is 1.93 bits per heavy atom. The lowest BCUT2D eigenvalue weighted by molar-refractivity contribution is 0.0343.